The molecule has 0 bridgehead atoms. The molecule has 3 unspecified atom stereocenters. The molecule has 0 aliphatic rings. The lowest BCUT2D eigenvalue weighted by Gasteiger charge is -2.42. The van der Waals surface area contributed by atoms with Crippen molar-refractivity contribution in [1.29, 1.82) is 0 Å². The average Bonchev–Trinajstić information content (AvgIpc) is 2.83. The molecule has 0 aromatic carbocycles. The number of halogens is 17. The van der Waals surface area contributed by atoms with Crippen LogP contribution in [0.5, 0.6) is 0 Å². The summed E-state index contributed by atoms with van der Waals surface area (Å²) >= 11 is 0. The Hall–Kier alpha value is -1.32. The van der Waals surface area contributed by atoms with Crippen LogP contribution >= 0.6 is 0 Å². The van der Waals surface area contributed by atoms with E-state index in [2.05, 4.69) is 27.7 Å². The molecular weight excluding hydrogens is 633 g/mol. The molecule has 40 heavy (non-hydrogen) atoms. The smallest absolute Gasteiger partial charge is 0.384 e. The van der Waals surface area contributed by atoms with Crippen LogP contribution in [0.4, 0.5) is 74.6 Å². The first-order chi connectivity index (χ1) is 17.4. The summed E-state index contributed by atoms with van der Waals surface area (Å²) in [5.74, 6) is -49.6. The highest BCUT2D eigenvalue weighted by atomic mass is 32.2. The highest BCUT2D eigenvalue weighted by Crippen LogP contribution is 2.61. The van der Waals surface area contributed by atoms with E-state index in [0.717, 1.165) is 0 Å². The van der Waals surface area contributed by atoms with Gasteiger partial charge in [0.25, 0.3) is 11.9 Å². The number of quaternary nitrogens is 1. The maximum atomic E-state index is 13.3. The van der Waals surface area contributed by atoms with Gasteiger partial charge in [-0.3, -0.25) is 0 Å². The second kappa shape index (κ2) is 12.9. The van der Waals surface area contributed by atoms with E-state index in [-0.39, 0.29) is 0 Å². The third kappa shape index (κ3) is 7.00. The lowest BCUT2D eigenvalue weighted by atomic mass is 9.89. The highest BCUT2D eigenvalue weighted by Gasteiger charge is 2.92. The second-order valence-electron chi connectivity index (χ2n) is 8.14. The lowest BCUT2D eigenvalue weighted by molar-refractivity contribution is -0.921. The highest BCUT2D eigenvalue weighted by molar-refractivity contribution is 7.86. The van der Waals surface area contributed by atoms with Crippen LogP contribution in [-0.2, 0) is 10.1 Å². The van der Waals surface area contributed by atoms with Crippen molar-refractivity contribution in [1.82, 2.24) is 0 Å². The van der Waals surface area contributed by atoms with Crippen molar-refractivity contribution in [3.8, 4) is 0 Å². The molecule has 0 saturated carbocycles. The molecule has 0 aromatic heterocycles. The minimum absolute atomic E-state index is 1.28. The molecule has 0 rings (SSSR count). The Morgan fingerprint density at radius 1 is 0.575 bits per heavy atom. The molecule has 0 aliphatic carbocycles. The minimum atomic E-state index is -8.64. The van der Waals surface area contributed by atoms with Gasteiger partial charge >= 0.3 is 35.5 Å². The predicted octanol–water partition coefficient (Wildman–Crippen LogP) is 6.46. The molecular formula is C18H24F17NO3S. The van der Waals surface area contributed by atoms with Crippen LogP contribution in [0.1, 0.15) is 27.7 Å². The van der Waals surface area contributed by atoms with Gasteiger partial charge < -0.3 is 9.04 Å². The molecule has 4 nitrogen and oxygen atoms in total. The summed E-state index contributed by atoms with van der Waals surface area (Å²) in [6.07, 6.45) is -15.9. The first kappa shape index (κ1) is 40.8. The van der Waals surface area contributed by atoms with Gasteiger partial charge in [-0.1, -0.05) is 0 Å². The summed E-state index contributed by atoms with van der Waals surface area (Å²) < 4.78 is 251. The summed E-state index contributed by atoms with van der Waals surface area (Å²) in [4.78, 5) is 0. The maximum absolute atomic E-state index is 13.3. The molecule has 3 atom stereocenters. The maximum Gasteiger partial charge on any atom is 0.384 e. The van der Waals surface area contributed by atoms with E-state index in [0.29, 0.717) is 0 Å². The third-order valence-corrected chi connectivity index (χ3v) is 6.91. The van der Waals surface area contributed by atoms with Gasteiger partial charge in [-0.2, -0.15) is 52.7 Å². The fourth-order valence-corrected chi connectivity index (χ4v) is 3.49. The van der Waals surface area contributed by atoms with E-state index in [1.807, 2.05) is 0 Å². The van der Waals surface area contributed by atoms with Gasteiger partial charge in [-0.25, -0.2) is 30.4 Å². The van der Waals surface area contributed by atoms with Crippen molar-refractivity contribution in [3.63, 3.8) is 0 Å². The molecule has 0 spiro atoms. The largest absolute Gasteiger partial charge is 0.746 e. The zero-order valence-electron chi connectivity index (χ0n) is 20.6. The third-order valence-electron chi connectivity index (χ3n) is 6.11. The second-order valence-corrected chi connectivity index (χ2v) is 9.54. The molecule has 0 saturated heterocycles. The van der Waals surface area contributed by atoms with Gasteiger partial charge in [-0.05, 0) is 27.7 Å². The summed E-state index contributed by atoms with van der Waals surface area (Å²) in [5.41, 5.74) is -6.03. The zero-order chi connectivity index (χ0) is 33.1. The van der Waals surface area contributed by atoms with E-state index < -0.39 is 69.9 Å². The van der Waals surface area contributed by atoms with Crippen molar-refractivity contribution in [3.05, 3.63) is 0 Å². The summed E-state index contributed by atoms with van der Waals surface area (Å²) in [7, 11) is -7.40. The first-order valence-electron chi connectivity index (χ1n) is 10.7. The van der Waals surface area contributed by atoms with Crippen LogP contribution in [0.25, 0.3) is 0 Å². The molecule has 0 heterocycles. The summed E-state index contributed by atoms with van der Waals surface area (Å²) in [5, 5.41) is 0. The molecule has 0 N–H and O–H groups in total. The van der Waals surface area contributed by atoms with Crippen LogP contribution in [-0.4, -0.2) is 103 Å². The van der Waals surface area contributed by atoms with Crippen LogP contribution in [0.15, 0.2) is 0 Å². The summed E-state index contributed by atoms with van der Waals surface area (Å²) in [6, 6.07) is 0. The van der Waals surface area contributed by atoms with E-state index in [9.17, 15) is 87.6 Å². The predicted molar refractivity (Wildman–Crippen MR) is 102 cm³/mol. The standard InChI is InChI=1S/C10H5F17O3S.C8H20N/c11-1(3(13)14)2(12)5(16,17)7(20,21)9(24,25)10(26,27)8(22,23)6(18,19)4(15)31(28,29)30;1-5-9(6-2,7-3)8-4/h1-4H,(H,28,29,30);5-8H2,1-4H3/q;+1/p-1. The Balaban J connectivity index is 0. The number of alkyl halides is 17. The fourth-order valence-electron chi connectivity index (χ4n) is 2.98. The van der Waals surface area contributed by atoms with Gasteiger partial charge in [0.15, 0.2) is 6.17 Å². The topological polar surface area (TPSA) is 57.2 Å². The molecule has 0 aromatic rings. The summed E-state index contributed by atoms with van der Waals surface area (Å²) in [6.45, 7) is 14.2. The number of hydrogen-bond acceptors (Lipinski definition) is 3. The molecule has 0 radical (unpaired) electrons. The number of hydrogen-bond donors (Lipinski definition) is 0. The normalized spacial score (nSPS) is 17.3. The van der Waals surface area contributed by atoms with Crippen LogP contribution < -0.4 is 0 Å². The first-order valence-corrected chi connectivity index (χ1v) is 12.2. The van der Waals surface area contributed by atoms with E-state index >= 15 is 0 Å². The Morgan fingerprint density at radius 3 is 1.05 bits per heavy atom. The lowest BCUT2D eigenvalue weighted by Crippen LogP contribution is -2.73. The molecule has 0 aliphatic heterocycles. The van der Waals surface area contributed by atoms with Gasteiger partial charge in [0.2, 0.25) is 6.17 Å². The van der Waals surface area contributed by atoms with Crippen molar-refractivity contribution in [2.24, 2.45) is 0 Å². The van der Waals surface area contributed by atoms with Crippen molar-refractivity contribution in [2.45, 2.75) is 87.5 Å². The Morgan fingerprint density at radius 2 is 0.850 bits per heavy atom. The average molecular weight is 657 g/mol. The number of rotatable bonds is 14. The van der Waals surface area contributed by atoms with Crippen LogP contribution in [0.2, 0.25) is 0 Å². The quantitative estimate of drug-likeness (QED) is 0.122. The van der Waals surface area contributed by atoms with Crippen molar-refractivity contribution in [2.75, 3.05) is 26.2 Å². The SMILES string of the molecule is CC[N+](CC)(CC)CC.O=S(=O)([O-])C(F)C(F)(F)C(F)(F)C(F)(F)C(F)(F)C(F)(F)C(F)(F)C(F)C(F)C(F)F. The van der Waals surface area contributed by atoms with Gasteiger partial charge in [-0.15, -0.1) is 0 Å². The fraction of sp³-hybridized carbons (Fsp3) is 1.00. The van der Waals surface area contributed by atoms with E-state index in [1.54, 1.807) is 0 Å². The van der Waals surface area contributed by atoms with Crippen LogP contribution in [0.3, 0.4) is 0 Å². The molecule has 22 heteroatoms. The van der Waals surface area contributed by atoms with Gasteiger partial charge in [0.1, 0.15) is 10.1 Å². The van der Waals surface area contributed by atoms with E-state index in [1.165, 1.54) is 30.7 Å². The van der Waals surface area contributed by atoms with Crippen molar-refractivity contribution >= 4 is 10.1 Å². The molecule has 0 fully saturated rings. The van der Waals surface area contributed by atoms with Crippen LogP contribution in [0, 0.1) is 0 Å². The monoisotopic (exact) mass is 657 g/mol. The molecule has 244 valence electrons. The van der Waals surface area contributed by atoms with E-state index in [4.69, 9.17) is 0 Å². The van der Waals surface area contributed by atoms with Crippen molar-refractivity contribution < 1.29 is 92.1 Å². The van der Waals surface area contributed by atoms with Gasteiger partial charge in [0, 0.05) is 0 Å². The van der Waals surface area contributed by atoms with Gasteiger partial charge in [0.05, 0.1) is 26.2 Å². The minimum Gasteiger partial charge on any atom is -0.746 e. The zero-order valence-corrected chi connectivity index (χ0v) is 21.5. The Labute approximate surface area is 216 Å². The Kier molecular flexibility index (Phi) is 13.2. The molecule has 0 amide bonds. The number of nitrogens with zero attached hydrogens (tertiary/aromatic N) is 1. The Bertz CT molecular complexity index is 892.